The van der Waals surface area contributed by atoms with E-state index in [-0.39, 0.29) is 11.7 Å². The summed E-state index contributed by atoms with van der Waals surface area (Å²) in [6, 6.07) is 1.88. The highest BCUT2D eigenvalue weighted by Crippen LogP contribution is 2.23. The van der Waals surface area contributed by atoms with Gasteiger partial charge in [0.15, 0.2) is 0 Å². The van der Waals surface area contributed by atoms with Crippen LogP contribution in [0.25, 0.3) is 0 Å². The average molecular weight is 292 g/mol. The van der Waals surface area contributed by atoms with Crippen LogP contribution in [-0.2, 0) is 0 Å². The molecule has 7 heteroatoms. The summed E-state index contributed by atoms with van der Waals surface area (Å²) in [6.45, 7) is 5.20. The first-order valence-corrected chi connectivity index (χ1v) is 7.27. The lowest BCUT2D eigenvalue weighted by molar-refractivity contribution is 0.0692. The fourth-order valence-electron chi connectivity index (χ4n) is 3.23. The van der Waals surface area contributed by atoms with E-state index >= 15 is 0 Å². The summed E-state index contributed by atoms with van der Waals surface area (Å²) in [5, 5.41) is 11.8. The number of carbonyl (C=O) groups is 2. The Labute approximate surface area is 122 Å². The number of hydrogen-bond donors (Lipinski definition) is 3. The topological polar surface area (TPSA) is 88.7 Å². The number of carboxylic acids is 1. The molecule has 1 aromatic heterocycles. The lowest BCUT2D eigenvalue weighted by atomic mass is 10.1. The Bertz CT molecular complexity index is 569. The maximum atomic E-state index is 12.3. The summed E-state index contributed by atoms with van der Waals surface area (Å²) in [7, 11) is 0. The molecule has 0 aromatic carbocycles. The molecule has 0 aliphatic carbocycles. The molecule has 3 heterocycles. The maximum absolute atomic E-state index is 12.3. The number of rotatable bonds is 2. The van der Waals surface area contributed by atoms with E-state index < -0.39 is 5.97 Å². The van der Waals surface area contributed by atoms with E-state index in [1.165, 1.54) is 6.42 Å². The number of nitrogens with zero attached hydrogens (tertiary/aromatic N) is 2. The Morgan fingerprint density at radius 2 is 2.19 bits per heavy atom. The number of carbonyl (C=O) groups excluding carboxylic acids is 1. The van der Waals surface area contributed by atoms with Gasteiger partial charge in [-0.25, -0.2) is 9.59 Å². The molecule has 1 aromatic rings. The summed E-state index contributed by atoms with van der Waals surface area (Å²) < 4.78 is 0. The quantitative estimate of drug-likeness (QED) is 0.767. The van der Waals surface area contributed by atoms with Gasteiger partial charge in [0.1, 0.15) is 5.69 Å². The smallest absolute Gasteiger partial charge is 0.354 e. The molecule has 1 unspecified atom stereocenters. The van der Waals surface area contributed by atoms with E-state index in [1.807, 2.05) is 0 Å². The Hall–Kier alpha value is -2.02. The zero-order chi connectivity index (χ0) is 15.0. The zero-order valence-electron chi connectivity index (χ0n) is 12.1. The van der Waals surface area contributed by atoms with Crippen molar-refractivity contribution in [1.29, 1.82) is 0 Å². The molecule has 2 amide bonds. The molecule has 2 aliphatic heterocycles. The van der Waals surface area contributed by atoms with E-state index in [0.29, 0.717) is 24.0 Å². The summed E-state index contributed by atoms with van der Waals surface area (Å²) in [5.41, 5.74) is 1.07. The van der Waals surface area contributed by atoms with Crippen molar-refractivity contribution >= 4 is 17.7 Å². The number of aryl methyl sites for hydroxylation is 1. The molecule has 2 fully saturated rings. The molecule has 1 atom stereocenters. The molecule has 2 saturated heterocycles. The van der Waals surface area contributed by atoms with Crippen LogP contribution in [0.3, 0.4) is 0 Å². The van der Waals surface area contributed by atoms with Gasteiger partial charge in [0.25, 0.3) is 0 Å². The minimum Gasteiger partial charge on any atom is -0.477 e. The lowest BCUT2D eigenvalue weighted by Gasteiger charge is -2.37. The molecule has 0 spiro atoms. The van der Waals surface area contributed by atoms with Crippen molar-refractivity contribution in [3.8, 4) is 0 Å². The van der Waals surface area contributed by atoms with Crippen molar-refractivity contribution < 1.29 is 14.7 Å². The van der Waals surface area contributed by atoms with Crippen LogP contribution >= 0.6 is 0 Å². The standard InChI is InChI=1S/C14H20N4O3/c1-9-7-11(12(15-9)13(19)20)16-14(21)18-6-5-17-4-2-3-10(17)8-18/h7,10,15H,2-6,8H2,1H3,(H,16,21)(H,19,20). The maximum Gasteiger partial charge on any atom is 0.354 e. The van der Waals surface area contributed by atoms with Gasteiger partial charge in [-0.3, -0.25) is 4.90 Å². The largest absolute Gasteiger partial charge is 0.477 e. The second-order valence-electron chi connectivity index (χ2n) is 5.75. The molecule has 2 aliphatic rings. The van der Waals surface area contributed by atoms with Gasteiger partial charge < -0.3 is 20.3 Å². The number of carboxylic acid groups (broad SMARTS) is 1. The average Bonchev–Trinajstić information content (AvgIpc) is 3.04. The molecular weight excluding hydrogens is 272 g/mol. The minimum atomic E-state index is -1.07. The van der Waals surface area contributed by atoms with Crippen LogP contribution in [0.1, 0.15) is 29.0 Å². The summed E-state index contributed by atoms with van der Waals surface area (Å²) in [5.74, 6) is -1.07. The van der Waals surface area contributed by atoms with Crippen molar-refractivity contribution in [2.75, 3.05) is 31.5 Å². The van der Waals surface area contributed by atoms with Crippen LogP contribution in [0.15, 0.2) is 6.07 Å². The second kappa shape index (κ2) is 5.40. The van der Waals surface area contributed by atoms with Crippen molar-refractivity contribution in [2.45, 2.75) is 25.8 Å². The zero-order valence-corrected chi connectivity index (χ0v) is 12.1. The normalized spacial score (nSPS) is 22.1. The molecule has 7 nitrogen and oxygen atoms in total. The number of hydrogen-bond acceptors (Lipinski definition) is 3. The predicted molar refractivity (Wildman–Crippen MR) is 77.7 cm³/mol. The lowest BCUT2D eigenvalue weighted by Crippen LogP contribution is -2.53. The first-order chi connectivity index (χ1) is 10.0. The third-order valence-electron chi connectivity index (χ3n) is 4.28. The van der Waals surface area contributed by atoms with Crippen molar-refractivity contribution in [3.05, 3.63) is 17.5 Å². The van der Waals surface area contributed by atoms with Crippen LogP contribution in [0, 0.1) is 6.92 Å². The number of aromatic nitrogens is 1. The molecule has 0 bridgehead atoms. The van der Waals surface area contributed by atoms with Gasteiger partial charge in [-0.05, 0) is 32.4 Å². The number of H-pyrrole nitrogens is 1. The van der Waals surface area contributed by atoms with Crippen LogP contribution < -0.4 is 5.32 Å². The van der Waals surface area contributed by atoms with Crippen molar-refractivity contribution in [3.63, 3.8) is 0 Å². The molecule has 3 rings (SSSR count). The van der Waals surface area contributed by atoms with Gasteiger partial charge in [-0.1, -0.05) is 0 Å². The summed E-state index contributed by atoms with van der Waals surface area (Å²) >= 11 is 0. The molecule has 0 radical (unpaired) electrons. The van der Waals surface area contributed by atoms with Gasteiger partial charge in [0.2, 0.25) is 0 Å². The van der Waals surface area contributed by atoms with Gasteiger partial charge >= 0.3 is 12.0 Å². The van der Waals surface area contributed by atoms with E-state index in [0.717, 1.165) is 26.1 Å². The first kappa shape index (κ1) is 13.9. The third kappa shape index (κ3) is 2.73. The number of nitrogens with one attached hydrogen (secondary N) is 2. The highest BCUT2D eigenvalue weighted by Gasteiger charge is 2.32. The van der Waals surface area contributed by atoms with Gasteiger partial charge in [0.05, 0.1) is 5.69 Å². The molecule has 0 saturated carbocycles. The Balaban J connectivity index is 1.68. The van der Waals surface area contributed by atoms with Gasteiger partial charge in [-0.2, -0.15) is 0 Å². The number of amides is 2. The van der Waals surface area contributed by atoms with E-state index in [2.05, 4.69) is 15.2 Å². The van der Waals surface area contributed by atoms with Crippen LogP contribution in [0.4, 0.5) is 10.5 Å². The summed E-state index contributed by atoms with van der Waals surface area (Å²) in [6.07, 6.45) is 2.33. The van der Waals surface area contributed by atoms with Crippen LogP contribution in [0.2, 0.25) is 0 Å². The third-order valence-corrected chi connectivity index (χ3v) is 4.28. The van der Waals surface area contributed by atoms with E-state index in [1.54, 1.807) is 17.9 Å². The highest BCUT2D eigenvalue weighted by molar-refractivity contribution is 5.99. The molecule has 3 N–H and O–H groups in total. The number of anilines is 1. The Morgan fingerprint density at radius 3 is 2.95 bits per heavy atom. The Kier molecular flexibility index (Phi) is 3.59. The summed E-state index contributed by atoms with van der Waals surface area (Å²) in [4.78, 5) is 30.4. The highest BCUT2D eigenvalue weighted by atomic mass is 16.4. The van der Waals surface area contributed by atoms with E-state index in [4.69, 9.17) is 5.11 Å². The SMILES string of the molecule is Cc1cc(NC(=O)N2CCN3CCCC3C2)c(C(=O)O)[nH]1. The fourth-order valence-corrected chi connectivity index (χ4v) is 3.23. The molecule has 114 valence electrons. The predicted octanol–water partition coefficient (Wildman–Crippen LogP) is 1.33. The fraction of sp³-hybridized carbons (Fsp3) is 0.571. The molecule has 21 heavy (non-hydrogen) atoms. The van der Waals surface area contributed by atoms with E-state index in [9.17, 15) is 9.59 Å². The number of urea groups is 1. The van der Waals surface area contributed by atoms with Gasteiger partial charge in [0, 0.05) is 31.4 Å². The second-order valence-corrected chi connectivity index (χ2v) is 5.75. The number of fused-ring (bicyclic) bond motifs is 1. The monoisotopic (exact) mass is 292 g/mol. The van der Waals surface area contributed by atoms with Crippen LogP contribution in [0.5, 0.6) is 0 Å². The van der Waals surface area contributed by atoms with Crippen LogP contribution in [-0.4, -0.2) is 64.1 Å². The van der Waals surface area contributed by atoms with Crippen molar-refractivity contribution in [2.24, 2.45) is 0 Å². The number of piperazine rings is 1. The number of aromatic carboxylic acids is 1. The van der Waals surface area contributed by atoms with Gasteiger partial charge in [-0.15, -0.1) is 0 Å². The molecular formula is C14H20N4O3. The first-order valence-electron chi connectivity index (χ1n) is 7.27. The number of aromatic amines is 1. The minimum absolute atomic E-state index is 0.0281. The van der Waals surface area contributed by atoms with Crippen molar-refractivity contribution in [1.82, 2.24) is 14.8 Å². The Morgan fingerprint density at radius 1 is 1.38 bits per heavy atom.